The Hall–Kier alpha value is -1.28. The number of hydrogen-bond donors (Lipinski definition) is 1. The highest BCUT2D eigenvalue weighted by Gasteiger charge is 2.51. The van der Waals surface area contributed by atoms with Crippen LogP contribution in [0.3, 0.4) is 0 Å². The van der Waals surface area contributed by atoms with Crippen LogP contribution in [0, 0.1) is 11.8 Å². The predicted octanol–water partition coefficient (Wildman–Crippen LogP) is 0.332. The van der Waals surface area contributed by atoms with E-state index in [0.29, 0.717) is 18.2 Å². The molecule has 1 N–H and O–H groups in total. The van der Waals surface area contributed by atoms with Gasteiger partial charge < -0.3 is 5.11 Å². The van der Waals surface area contributed by atoms with Crippen LogP contribution in [-0.2, 0) is 4.79 Å². The normalized spacial score (nSPS) is 33.1. The zero-order valence-electron chi connectivity index (χ0n) is 5.78. The number of piperidine rings is 1. The third kappa shape index (κ3) is 0.763. The Labute approximate surface area is 63.1 Å². The first-order valence-corrected chi connectivity index (χ1v) is 3.49. The molecule has 1 saturated carbocycles. The molecule has 0 radical (unpaired) electrons. The van der Waals surface area contributed by atoms with Crippen LogP contribution in [0.25, 0.3) is 0 Å². The molecule has 1 aliphatic heterocycles. The van der Waals surface area contributed by atoms with Crippen LogP contribution in [0.5, 0.6) is 0 Å². The van der Waals surface area contributed by atoms with E-state index < -0.39 is 6.09 Å². The molecule has 1 amide bonds. The van der Waals surface area contributed by atoms with E-state index in [0.717, 1.165) is 11.3 Å². The summed E-state index contributed by atoms with van der Waals surface area (Å²) in [6, 6.07) is 0. The monoisotopic (exact) mass is 153 g/mol. The SMILES string of the molecule is O=C=C1C2CC2CN1C(=O)O. The standard InChI is InChI=1S/C7H7NO3/c9-3-6-5-1-4(5)2-8(6)7(10)11/h4-5H,1-2H2,(H,10,11). The summed E-state index contributed by atoms with van der Waals surface area (Å²) in [7, 11) is 0. The number of nitrogens with zero attached hydrogens (tertiary/aromatic N) is 1. The van der Waals surface area contributed by atoms with Gasteiger partial charge in [-0.05, 0) is 12.3 Å². The van der Waals surface area contributed by atoms with Gasteiger partial charge >= 0.3 is 6.09 Å². The Bertz CT molecular complexity index is 267. The molecule has 2 rings (SSSR count). The van der Waals surface area contributed by atoms with Crippen molar-refractivity contribution in [2.24, 2.45) is 11.8 Å². The lowest BCUT2D eigenvalue weighted by Crippen LogP contribution is -2.27. The molecular weight excluding hydrogens is 146 g/mol. The highest BCUT2D eigenvalue weighted by molar-refractivity contribution is 5.73. The van der Waals surface area contributed by atoms with Crippen LogP contribution in [-0.4, -0.2) is 28.6 Å². The quantitative estimate of drug-likeness (QED) is 0.510. The van der Waals surface area contributed by atoms with Gasteiger partial charge in [0.05, 0.1) is 0 Å². The van der Waals surface area contributed by atoms with Crippen molar-refractivity contribution in [2.75, 3.05) is 6.54 Å². The third-order valence-electron chi connectivity index (χ3n) is 2.32. The Morgan fingerprint density at radius 3 is 2.91 bits per heavy atom. The van der Waals surface area contributed by atoms with E-state index in [1.165, 1.54) is 0 Å². The van der Waals surface area contributed by atoms with Crippen LogP contribution < -0.4 is 0 Å². The van der Waals surface area contributed by atoms with Gasteiger partial charge in [-0.2, -0.15) is 0 Å². The smallest absolute Gasteiger partial charge is 0.412 e. The highest BCUT2D eigenvalue weighted by atomic mass is 16.4. The number of carbonyl (C=O) groups excluding carboxylic acids is 1. The molecule has 2 aliphatic rings. The highest BCUT2D eigenvalue weighted by Crippen LogP contribution is 2.50. The van der Waals surface area contributed by atoms with E-state index in [1.807, 2.05) is 0 Å². The van der Waals surface area contributed by atoms with Crippen LogP contribution in [0.15, 0.2) is 5.70 Å². The Kier molecular flexibility index (Phi) is 1.09. The molecule has 1 heterocycles. The van der Waals surface area contributed by atoms with Gasteiger partial charge in [-0.25, -0.2) is 9.59 Å². The Balaban J connectivity index is 2.26. The van der Waals surface area contributed by atoms with Gasteiger partial charge in [0.25, 0.3) is 0 Å². The molecule has 1 aliphatic carbocycles. The number of allylic oxidation sites excluding steroid dienone is 1. The number of rotatable bonds is 0. The van der Waals surface area contributed by atoms with E-state index in [9.17, 15) is 9.59 Å². The van der Waals surface area contributed by atoms with Crippen molar-refractivity contribution in [2.45, 2.75) is 6.42 Å². The molecule has 58 valence electrons. The molecule has 0 bridgehead atoms. The number of likely N-dealkylation sites (tertiary alicyclic amines) is 1. The summed E-state index contributed by atoms with van der Waals surface area (Å²) in [5, 5.41) is 8.58. The van der Waals surface area contributed by atoms with Crippen LogP contribution >= 0.6 is 0 Å². The van der Waals surface area contributed by atoms with E-state index >= 15 is 0 Å². The van der Waals surface area contributed by atoms with E-state index in [4.69, 9.17) is 5.11 Å². The summed E-state index contributed by atoms with van der Waals surface area (Å²) >= 11 is 0. The molecule has 1 saturated heterocycles. The van der Waals surface area contributed by atoms with Gasteiger partial charge in [0.1, 0.15) is 11.6 Å². The lowest BCUT2D eigenvalue weighted by Gasteiger charge is -2.12. The first-order valence-electron chi connectivity index (χ1n) is 3.49. The fourth-order valence-corrected chi connectivity index (χ4v) is 1.63. The summed E-state index contributed by atoms with van der Waals surface area (Å²) in [6.07, 6.45) is -0.0653. The summed E-state index contributed by atoms with van der Waals surface area (Å²) in [4.78, 5) is 21.9. The molecule has 2 atom stereocenters. The van der Waals surface area contributed by atoms with Crippen molar-refractivity contribution < 1.29 is 14.7 Å². The van der Waals surface area contributed by atoms with Crippen LogP contribution in [0.1, 0.15) is 6.42 Å². The zero-order valence-corrected chi connectivity index (χ0v) is 5.78. The summed E-state index contributed by atoms with van der Waals surface area (Å²) in [6.45, 7) is 0.491. The minimum atomic E-state index is -1.03. The molecule has 4 nitrogen and oxygen atoms in total. The number of fused-ring (bicyclic) bond motifs is 1. The average Bonchev–Trinajstić information content (AvgIpc) is 2.63. The van der Waals surface area contributed by atoms with E-state index in [1.54, 1.807) is 5.94 Å². The first-order chi connectivity index (χ1) is 5.24. The number of carbonyl (C=O) groups is 1. The molecule has 11 heavy (non-hydrogen) atoms. The maximum atomic E-state index is 10.5. The maximum absolute atomic E-state index is 10.5. The minimum absolute atomic E-state index is 0.198. The van der Waals surface area contributed by atoms with Crippen LogP contribution in [0.2, 0.25) is 0 Å². The molecular formula is C7H7NO3. The maximum Gasteiger partial charge on any atom is 0.412 e. The fraction of sp³-hybridized carbons (Fsp3) is 0.571. The lowest BCUT2D eigenvalue weighted by molar-refractivity contribution is 0.161. The largest absolute Gasteiger partial charge is 0.465 e. The van der Waals surface area contributed by atoms with Crippen molar-refractivity contribution >= 4 is 12.0 Å². The third-order valence-corrected chi connectivity index (χ3v) is 2.32. The van der Waals surface area contributed by atoms with E-state index in [-0.39, 0.29) is 5.92 Å². The van der Waals surface area contributed by atoms with Crippen molar-refractivity contribution in [3.8, 4) is 0 Å². The molecule has 0 aromatic rings. The van der Waals surface area contributed by atoms with Gasteiger partial charge in [-0.3, -0.25) is 4.90 Å². The Morgan fingerprint density at radius 1 is 1.73 bits per heavy atom. The van der Waals surface area contributed by atoms with E-state index in [2.05, 4.69) is 0 Å². The van der Waals surface area contributed by atoms with Gasteiger partial charge in [0, 0.05) is 12.5 Å². The first kappa shape index (κ1) is 6.43. The molecule has 0 aromatic heterocycles. The number of carboxylic acid groups (broad SMARTS) is 1. The second-order valence-corrected chi connectivity index (χ2v) is 2.98. The van der Waals surface area contributed by atoms with Crippen molar-refractivity contribution in [1.82, 2.24) is 4.90 Å². The fourth-order valence-electron chi connectivity index (χ4n) is 1.63. The lowest BCUT2D eigenvalue weighted by atomic mass is 10.3. The van der Waals surface area contributed by atoms with Gasteiger partial charge in [0.15, 0.2) is 0 Å². The minimum Gasteiger partial charge on any atom is -0.465 e. The second-order valence-electron chi connectivity index (χ2n) is 2.98. The topological polar surface area (TPSA) is 57.6 Å². The van der Waals surface area contributed by atoms with Crippen molar-refractivity contribution in [1.29, 1.82) is 0 Å². The molecule has 2 fully saturated rings. The Morgan fingerprint density at radius 2 is 2.45 bits per heavy atom. The van der Waals surface area contributed by atoms with Crippen molar-refractivity contribution in [3.63, 3.8) is 0 Å². The number of hydrogen-bond acceptors (Lipinski definition) is 2. The molecule has 0 spiro atoms. The molecule has 0 aromatic carbocycles. The molecule has 2 unspecified atom stereocenters. The summed E-state index contributed by atoms with van der Waals surface area (Å²) < 4.78 is 0. The predicted molar refractivity (Wildman–Crippen MR) is 35.5 cm³/mol. The van der Waals surface area contributed by atoms with Gasteiger partial charge in [-0.1, -0.05) is 0 Å². The molecule has 4 heteroatoms. The second kappa shape index (κ2) is 1.86. The average molecular weight is 153 g/mol. The van der Waals surface area contributed by atoms with Crippen molar-refractivity contribution in [3.05, 3.63) is 5.70 Å². The summed E-state index contributed by atoms with van der Waals surface area (Å²) in [5.41, 5.74) is 0.336. The van der Waals surface area contributed by atoms with Gasteiger partial charge in [-0.15, -0.1) is 0 Å². The number of amides is 1. The summed E-state index contributed by atoms with van der Waals surface area (Å²) in [5.74, 6) is 2.30. The van der Waals surface area contributed by atoms with Gasteiger partial charge in [0.2, 0.25) is 0 Å². The zero-order chi connectivity index (χ0) is 8.01. The van der Waals surface area contributed by atoms with Crippen LogP contribution in [0.4, 0.5) is 4.79 Å².